The van der Waals surface area contributed by atoms with Crippen molar-refractivity contribution in [1.82, 2.24) is 5.32 Å². The number of rotatable bonds is 10. The van der Waals surface area contributed by atoms with Crippen LogP contribution in [-0.2, 0) is 9.53 Å². The molecule has 18 heavy (non-hydrogen) atoms. The van der Waals surface area contributed by atoms with E-state index in [4.69, 9.17) is 10.00 Å². The molecule has 0 saturated carbocycles. The molecule has 0 aromatic rings. The normalized spacial score (nSPS) is 11.6. The minimum Gasteiger partial charge on any atom is -0.359 e. The van der Waals surface area contributed by atoms with Crippen LogP contribution in [0.4, 0.5) is 0 Å². The number of hydrogen-bond acceptors (Lipinski definition) is 3. The molecule has 0 aliphatic heterocycles. The third kappa shape index (κ3) is 7.86. The van der Waals surface area contributed by atoms with Crippen molar-refractivity contribution >= 4 is 5.91 Å². The van der Waals surface area contributed by atoms with Gasteiger partial charge < -0.3 is 10.1 Å². The Balaban J connectivity index is 4.14. The van der Waals surface area contributed by atoms with E-state index in [1.54, 1.807) is 6.07 Å². The molecular formula is C14H24N2O2. The van der Waals surface area contributed by atoms with Gasteiger partial charge in [0.2, 0.25) is 0 Å². The number of nitrogens with zero attached hydrogens (tertiary/aromatic N) is 1. The van der Waals surface area contributed by atoms with E-state index in [2.05, 4.69) is 25.7 Å². The molecule has 102 valence electrons. The summed E-state index contributed by atoms with van der Waals surface area (Å²) >= 11 is 0. The van der Waals surface area contributed by atoms with Crippen molar-refractivity contribution in [3.8, 4) is 6.07 Å². The Kier molecular flexibility index (Phi) is 9.99. The number of carbonyl (C=O) groups is 1. The van der Waals surface area contributed by atoms with Crippen molar-refractivity contribution in [2.45, 2.75) is 58.6 Å². The first-order valence-corrected chi connectivity index (χ1v) is 6.67. The minimum absolute atomic E-state index is 0.0745. The third-order valence-corrected chi connectivity index (χ3v) is 2.59. The molecule has 0 fully saturated rings. The molecule has 0 rings (SSSR count). The largest absolute Gasteiger partial charge is 0.359 e. The van der Waals surface area contributed by atoms with Gasteiger partial charge >= 0.3 is 0 Å². The molecule has 0 bridgehead atoms. The van der Waals surface area contributed by atoms with E-state index in [1.165, 1.54) is 0 Å². The molecule has 0 aliphatic carbocycles. The second-order valence-electron chi connectivity index (χ2n) is 4.27. The quantitative estimate of drug-likeness (QED) is 0.281. The van der Waals surface area contributed by atoms with Gasteiger partial charge in [0.15, 0.2) is 0 Å². The van der Waals surface area contributed by atoms with Crippen LogP contribution in [0.1, 0.15) is 52.4 Å². The summed E-state index contributed by atoms with van der Waals surface area (Å²) in [5, 5.41) is 11.3. The smallest absolute Gasteiger partial charge is 0.263 e. The summed E-state index contributed by atoms with van der Waals surface area (Å²) in [4.78, 5) is 11.5. The van der Waals surface area contributed by atoms with Crippen LogP contribution in [0.5, 0.6) is 0 Å². The molecule has 0 spiro atoms. The number of amides is 1. The van der Waals surface area contributed by atoms with Crippen LogP contribution in [0, 0.1) is 11.3 Å². The van der Waals surface area contributed by atoms with Crippen LogP contribution < -0.4 is 5.32 Å². The van der Waals surface area contributed by atoms with E-state index in [9.17, 15) is 4.79 Å². The van der Waals surface area contributed by atoms with Crippen molar-refractivity contribution in [1.29, 1.82) is 5.26 Å². The second kappa shape index (κ2) is 10.8. The summed E-state index contributed by atoms with van der Waals surface area (Å²) in [7, 11) is 0. The molecule has 4 nitrogen and oxygen atoms in total. The van der Waals surface area contributed by atoms with Gasteiger partial charge in [-0.05, 0) is 19.3 Å². The minimum atomic E-state index is -0.435. The first kappa shape index (κ1) is 16.7. The standard InChI is InChI=1S/C14H24N2O2/c1-4-6-8-9-13(18-10-7-5-2)16-14(17)12(3)11-15/h13H,3-10H2,1-2H3,(H,16,17). The fourth-order valence-electron chi connectivity index (χ4n) is 1.43. The van der Waals surface area contributed by atoms with E-state index in [0.717, 1.165) is 38.5 Å². The second-order valence-corrected chi connectivity index (χ2v) is 4.27. The Morgan fingerprint density at radius 1 is 1.33 bits per heavy atom. The van der Waals surface area contributed by atoms with Gasteiger partial charge in [0, 0.05) is 6.61 Å². The van der Waals surface area contributed by atoms with Gasteiger partial charge in [0.25, 0.3) is 5.91 Å². The molecule has 1 N–H and O–H groups in total. The Labute approximate surface area is 110 Å². The van der Waals surface area contributed by atoms with Crippen molar-refractivity contribution in [3.05, 3.63) is 12.2 Å². The van der Waals surface area contributed by atoms with E-state index >= 15 is 0 Å². The molecular weight excluding hydrogens is 228 g/mol. The summed E-state index contributed by atoms with van der Waals surface area (Å²) in [6.45, 7) is 8.24. The number of ether oxygens (including phenoxy) is 1. The molecule has 1 unspecified atom stereocenters. The average molecular weight is 252 g/mol. The first-order chi connectivity index (χ1) is 8.65. The van der Waals surface area contributed by atoms with Gasteiger partial charge in [0.1, 0.15) is 17.9 Å². The lowest BCUT2D eigenvalue weighted by Gasteiger charge is -2.19. The van der Waals surface area contributed by atoms with Crippen LogP contribution in [0.2, 0.25) is 0 Å². The van der Waals surface area contributed by atoms with Crippen LogP contribution >= 0.6 is 0 Å². The first-order valence-electron chi connectivity index (χ1n) is 6.67. The van der Waals surface area contributed by atoms with E-state index < -0.39 is 5.91 Å². The summed E-state index contributed by atoms with van der Waals surface area (Å²) in [6, 6.07) is 1.74. The molecule has 0 aromatic heterocycles. The van der Waals surface area contributed by atoms with E-state index in [1.807, 2.05) is 0 Å². The maximum Gasteiger partial charge on any atom is 0.263 e. The predicted octanol–water partition coefficient (Wildman–Crippen LogP) is 2.91. The molecule has 1 amide bonds. The Bertz CT molecular complexity index is 285. The molecule has 0 heterocycles. The Morgan fingerprint density at radius 2 is 2.00 bits per heavy atom. The van der Waals surface area contributed by atoms with Crippen LogP contribution in [0.25, 0.3) is 0 Å². The fourth-order valence-corrected chi connectivity index (χ4v) is 1.43. The molecule has 4 heteroatoms. The molecule has 0 aromatic carbocycles. The van der Waals surface area contributed by atoms with Crippen molar-refractivity contribution < 1.29 is 9.53 Å². The molecule has 0 saturated heterocycles. The number of hydrogen-bond donors (Lipinski definition) is 1. The van der Waals surface area contributed by atoms with E-state index in [0.29, 0.717) is 6.61 Å². The number of nitrogens with one attached hydrogen (secondary N) is 1. The van der Waals surface area contributed by atoms with Crippen molar-refractivity contribution in [2.24, 2.45) is 0 Å². The maximum absolute atomic E-state index is 11.5. The summed E-state index contributed by atoms with van der Waals surface area (Å²) in [5.41, 5.74) is -0.0745. The Hall–Kier alpha value is -1.34. The number of carbonyl (C=O) groups excluding carboxylic acids is 1. The zero-order valence-corrected chi connectivity index (χ0v) is 11.5. The molecule has 0 aliphatic rings. The van der Waals surface area contributed by atoms with Gasteiger partial charge in [-0.3, -0.25) is 4.79 Å². The monoisotopic (exact) mass is 252 g/mol. The van der Waals surface area contributed by atoms with Crippen LogP contribution in [0.15, 0.2) is 12.2 Å². The third-order valence-electron chi connectivity index (χ3n) is 2.59. The van der Waals surface area contributed by atoms with E-state index in [-0.39, 0.29) is 11.8 Å². The highest BCUT2D eigenvalue weighted by atomic mass is 16.5. The van der Waals surface area contributed by atoms with Gasteiger partial charge in [-0.25, -0.2) is 0 Å². The highest BCUT2D eigenvalue weighted by molar-refractivity contribution is 5.96. The highest BCUT2D eigenvalue weighted by Gasteiger charge is 2.14. The lowest BCUT2D eigenvalue weighted by Crippen LogP contribution is -2.37. The van der Waals surface area contributed by atoms with Crippen LogP contribution in [0.3, 0.4) is 0 Å². The average Bonchev–Trinajstić information content (AvgIpc) is 2.37. The van der Waals surface area contributed by atoms with Gasteiger partial charge in [-0.15, -0.1) is 0 Å². The topological polar surface area (TPSA) is 62.1 Å². The molecule has 1 atom stereocenters. The SMILES string of the molecule is C=C(C#N)C(=O)NC(CCCCC)OCCCC. The van der Waals surface area contributed by atoms with Crippen molar-refractivity contribution in [3.63, 3.8) is 0 Å². The summed E-state index contributed by atoms with van der Waals surface area (Å²) < 4.78 is 5.61. The zero-order chi connectivity index (χ0) is 13.8. The number of nitriles is 1. The van der Waals surface area contributed by atoms with Gasteiger partial charge in [-0.2, -0.15) is 5.26 Å². The maximum atomic E-state index is 11.5. The fraction of sp³-hybridized carbons (Fsp3) is 0.714. The lowest BCUT2D eigenvalue weighted by molar-refractivity contribution is -0.121. The lowest BCUT2D eigenvalue weighted by atomic mass is 10.2. The van der Waals surface area contributed by atoms with Gasteiger partial charge in [0.05, 0.1) is 0 Å². The zero-order valence-electron chi connectivity index (χ0n) is 11.5. The molecule has 0 radical (unpaired) electrons. The van der Waals surface area contributed by atoms with Gasteiger partial charge in [-0.1, -0.05) is 39.7 Å². The summed E-state index contributed by atoms with van der Waals surface area (Å²) in [6.07, 6.45) is 5.75. The highest BCUT2D eigenvalue weighted by Crippen LogP contribution is 2.06. The van der Waals surface area contributed by atoms with Crippen LogP contribution in [-0.4, -0.2) is 18.7 Å². The predicted molar refractivity (Wildman–Crippen MR) is 71.7 cm³/mol. The van der Waals surface area contributed by atoms with Crippen molar-refractivity contribution in [2.75, 3.05) is 6.61 Å². The number of unbranched alkanes of at least 4 members (excludes halogenated alkanes) is 3. The summed E-state index contributed by atoms with van der Waals surface area (Å²) in [5.74, 6) is -0.435. The Morgan fingerprint density at radius 3 is 2.56 bits per heavy atom.